The molecule has 0 radical (unpaired) electrons. The lowest BCUT2D eigenvalue weighted by molar-refractivity contribution is -0.252. The normalized spacial score (nSPS) is 26.5. The van der Waals surface area contributed by atoms with Crippen LogP contribution in [0.4, 0.5) is 0 Å². The summed E-state index contributed by atoms with van der Waals surface area (Å²) >= 11 is 0. The monoisotopic (exact) mass is 242 g/mol. The van der Waals surface area contributed by atoms with Crippen LogP contribution in [-0.2, 0) is 9.47 Å². The largest absolute Gasteiger partial charge is 0.349 e. The first-order valence-corrected chi connectivity index (χ1v) is 6.89. The first kappa shape index (κ1) is 13.3. The van der Waals surface area contributed by atoms with Gasteiger partial charge in [0.25, 0.3) is 0 Å². The van der Waals surface area contributed by atoms with E-state index in [1.54, 1.807) is 0 Å². The zero-order valence-electron chi connectivity index (χ0n) is 11.2. The van der Waals surface area contributed by atoms with Crippen molar-refractivity contribution in [3.63, 3.8) is 0 Å². The SMILES string of the molecule is CC1(C)OCC(NCCCN2CCCC2)CO1. The van der Waals surface area contributed by atoms with Gasteiger partial charge in [0.1, 0.15) is 0 Å². The molecule has 0 unspecified atom stereocenters. The molecule has 0 spiro atoms. The van der Waals surface area contributed by atoms with E-state index in [2.05, 4.69) is 10.2 Å². The zero-order valence-corrected chi connectivity index (χ0v) is 11.2. The molecule has 17 heavy (non-hydrogen) atoms. The number of nitrogens with one attached hydrogen (secondary N) is 1. The Labute approximate surface area is 105 Å². The molecule has 2 fully saturated rings. The van der Waals surface area contributed by atoms with Crippen molar-refractivity contribution in [2.24, 2.45) is 0 Å². The first-order chi connectivity index (χ1) is 8.16. The van der Waals surface area contributed by atoms with Crippen LogP contribution in [0.3, 0.4) is 0 Å². The standard InChI is InChI=1S/C13H26N2O2/c1-13(2)16-10-12(11-17-13)14-6-5-9-15-7-3-4-8-15/h12,14H,3-11H2,1-2H3. The molecule has 1 N–H and O–H groups in total. The van der Waals surface area contributed by atoms with Gasteiger partial charge in [0.2, 0.25) is 0 Å². The van der Waals surface area contributed by atoms with Crippen LogP contribution in [0.2, 0.25) is 0 Å². The highest BCUT2D eigenvalue weighted by Gasteiger charge is 2.27. The van der Waals surface area contributed by atoms with E-state index in [9.17, 15) is 0 Å². The molecule has 0 aromatic heterocycles. The molecule has 2 rings (SSSR count). The van der Waals surface area contributed by atoms with E-state index in [1.807, 2.05) is 13.8 Å². The maximum atomic E-state index is 5.61. The van der Waals surface area contributed by atoms with Crippen LogP contribution in [0.15, 0.2) is 0 Å². The highest BCUT2D eigenvalue weighted by atomic mass is 16.7. The predicted molar refractivity (Wildman–Crippen MR) is 68.1 cm³/mol. The summed E-state index contributed by atoms with van der Waals surface area (Å²) in [5.74, 6) is -0.395. The minimum absolute atomic E-state index is 0.363. The van der Waals surface area contributed by atoms with Crippen molar-refractivity contribution < 1.29 is 9.47 Å². The van der Waals surface area contributed by atoms with Gasteiger partial charge < -0.3 is 19.7 Å². The van der Waals surface area contributed by atoms with Gasteiger partial charge in [0, 0.05) is 0 Å². The summed E-state index contributed by atoms with van der Waals surface area (Å²) < 4.78 is 11.2. The van der Waals surface area contributed by atoms with Crippen molar-refractivity contribution in [3.8, 4) is 0 Å². The summed E-state index contributed by atoms with van der Waals surface area (Å²) in [6.07, 6.45) is 3.99. The molecular weight excluding hydrogens is 216 g/mol. The maximum absolute atomic E-state index is 5.61. The highest BCUT2D eigenvalue weighted by Crippen LogP contribution is 2.16. The number of rotatable bonds is 5. The number of hydrogen-bond acceptors (Lipinski definition) is 4. The second-order valence-electron chi connectivity index (χ2n) is 5.58. The maximum Gasteiger partial charge on any atom is 0.162 e. The highest BCUT2D eigenvalue weighted by molar-refractivity contribution is 4.73. The number of ether oxygens (including phenoxy) is 2. The minimum Gasteiger partial charge on any atom is -0.349 e. The number of nitrogens with zero attached hydrogens (tertiary/aromatic N) is 1. The van der Waals surface area contributed by atoms with Gasteiger partial charge in [-0.05, 0) is 59.3 Å². The Balaban J connectivity index is 1.51. The van der Waals surface area contributed by atoms with Crippen molar-refractivity contribution >= 4 is 0 Å². The smallest absolute Gasteiger partial charge is 0.162 e. The van der Waals surface area contributed by atoms with Gasteiger partial charge >= 0.3 is 0 Å². The average Bonchev–Trinajstić information content (AvgIpc) is 2.79. The van der Waals surface area contributed by atoms with Gasteiger partial charge in [0.15, 0.2) is 5.79 Å². The van der Waals surface area contributed by atoms with E-state index in [4.69, 9.17) is 9.47 Å². The lowest BCUT2D eigenvalue weighted by atomic mass is 10.2. The molecule has 100 valence electrons. The van der Waals surface area contributed by atoms with Gasteiger partial charge in [0.05, 0.1) is 19.3 Å². The molecule has 0 saturated carbocycles. The van der Waals surface area contributed by atoms with Gasteiger partial charge in [-0.2, -0.15) is 0 Å². The second-order valence-corrected chi connectivity index (χ2v) is 5.58. The van der Waals surface area contributed by atoms with Gasteiger partial charge in [-0.25, -0.2) is 0 Å². The molecule has 2 aliphatic heterocycles. The Morgan fingerprint density at radius 2 is 1.82 bits per heavy atom. The second kappa shape index (κ2) is 6.14. The Hall–Kier alpha value is -0.160. The lowest BCUT2D eigenvalue weighted by Gasteiger charge is -2.35. The Morgan fingerprint density at radius 1 is 1.18 bits per heavy atom. The van der Waals surface area contributed by atoms with Crippen LogP contribution in [0.5, 0.6) is 0 Å². The molecular formula is C13H26N2O2. The van der Waals surface area contributed by atoms with E-state index in [-0.39, 0.29) is 0 Å². The van der Waals surface area contributed by atoms with E-state index >= 15 is 0 Å². The van der Waals surface area contributed by atoms with Crippen molar-refractivity contribution in [1.82, 2.24) is 10.2 Å². The van der Waals surface area contributed by atoms with E-state index in [0.717, 1.165) is 19.8 Å². The molecule has 0 bridgehead atoms. The predicted octanol–water partition coefficient (Wildman–Crippen LogP) is 1.21. The molecule has 2 heterocycles. The fourth-order valence-electron chi connectivity index (χ4n) is 2.43. The summed E-state index contributed by atoms with van der Waals surface area (Å²) in [6.45, 7) is 10.3. The van der Waals surface area contributed by atoms with E-state index in [0.29, 0.717) is 6.04 Å². The molecule has 0 aliphatic carbocycles. The Morgan fingerprint density at radius 3 is 2.47 bits per heavy atom. The topological polar surface area (TPSA) is 33.7 Å². The quantitative estimate of drug-likeness (QED) is 0.735. The molecule has 0 amide bonds. The molecule has 0 atom stereocenters. The van der Waals surface area contributed by atoms with Crippen LogP contribution >= 0.6 is 0 Å². The average molecular weight is 242 g/mol. The molecule has 4 nitrogen and oxygen atoms in total. The van der Waals surface area contributed by atoms with Gasteiger partial charge in [-0.15, -0.1) is 0 Å². The van der Waals surface area contributed by atoms with Crippen LogP contribution in [-0.4, -0.2) is 56.1 Å². The summed E-state index contributed by atoms with van der Waals surface area (Å²) in [6, 6.07) is 0.363. The van der Waals surface area contributed by atoms with Gasteiger partial charge in [-0.1, -0.05) is 0 Å². The number of likely N-dealkylation sites (tertiary alicyclic amines) is 1. The van der Waals surface area contributed by atoms with Crippen molar-refractivity contribution in [3.05, 3.63) is 0 Å². The van der Waals surface area contributed by atoms with Crippen LogP contribution in [0.25, 0.3) is 0 Å². The van der Waals surface area contributed by atoms with Crippen LogP contribution in [0, 0.1) is 0 Å². The fraction of sp³-hybridized carbons (Fsp3) is 1.00. The summed E-state index contributed by atoms with van der Waals surface area (Å²) in [5.41, 5.74) is 0. The van der Waals surface area contributed by atoms with Gasteiger partial charge in [-0.3, -0.25) is 0 Å². The Bertz CT molecular complexity index is 217. The first-order valence-electron chi connectivity index (χ1n) is 6.89. The lowest BCUT2D eigenvalue weighted by Crippen LogP contribution is -2.48. The van der Waals surface area contributed by atoms with Crippen LogP contribution < -0.4 is 5.32 Å². The van der Waals surface area contributed by atoms with Crippen LogP contribution in [0.1, 0.15) is 33.1 Å². The summed E-state index contributed by atoms with van der Waals surface area (Å²) in [4.78, 5) is 2.55. The van der Waals surface area contributed by atoms with Crippen molar-refractivity contribution in [1.29, 1.82) is 0 Å². The fourth-order valence-corrected chi connectivity index (χ4v) is 2.43. The summed E-state index contributed by atoms with van der Waals surface area (Å²) in [5, 5.41) is 3.51. The molecule has 4 heteroatoms. The molecule has 2 aliphatic rings. The summed E-state index contributed by atoms with van der Waals surface area (Å²) in [7, 11) is 0. The third kappa shape index (κ3) is 4.54. The van der Waals surface area contributed by atoms with Crippen molar-refractivity contribution in [2.75, 3.05) is 39.4 Å². The Kier molecular flexibility index (Phi) is 4.79. The number of hydrogen-bond donors (Lipinski definition) is 1. The molecule has 0 aromatic rings. The van der Waals surface area contributed by atoms with E-state index < -0.39 is 5.79 Å². The molecule has 2 saturated heterocycles. The van der Waals surface area contributed by atoms with E-state index in [1.165, 1.54) is 38.9 Å². The third-order valence-corrected chi connectivity index (χ3v) is 3.55. The van der Waals surface area contributed by atoms with Crippen molar-refractivity contribution in [2.45, 2.75) is 44.9 Å². The minimum atomic E-state index is -0.395. The zero-order chi connectivity index (χ0) is 12.1. The third-order valence-electron chi connectivity index (χ3n) is 3.55. The molecule has 0 aromatic carbocycles.